The van der Waals surface area contributed by atoms with Crippen LogP contribution in [0.25, 0.3) is 10.9 Å². The van der Waals surface area contributed by atoms with Crippen molar-refractivity contribution in [2.75, 3.05) is 31.6 Å². The monoisotopic (exact) mass is 480 g/mol. The molecule has 5 aliphatic rings. The minimum atomic E-state index is -0.380. The molecule has 3 aliphatic carbocycles. The first-order valence-electron chi connectivity index (χ1n) is 12.3. The Kier molecular flexibility index (Phi) is 4.88. The van der Waals surface area contributed by atoms with Crippen molar-refractivity contribution in [3.63, 3.8) is 0 Å². The Hall–Kier alpha value is -2.26. The maximum Gasteiger partial charge on any atom is 0.227 e. The van der Waals surface area contributed by atoms with E-state index < -0.39 is 0 Å². The Balaban J connectivity index is 1.08. The average molecular weight is 481 g/mol. The summed E-state index contributed by atoms with van der Waals surface area (Å²) >= 11 is 6.71. The molecule has 34 heavy (non-hydrogen) atoms. The van der Waals surface area contributed by atoms with Crippen molar-refractivity contribution in [1.29, 1.82) is 0 Å². The van der Waals surface area contributed by atoms with Gasteiger partial charge in [0.25, 0.3) is 0 Å². The molecule has 0 radical (unpaired) electrons. The van der Waals surface area contributed by atoms with Gasteiger partial charge in [-0.1, -0.05) is 11.6 Å². The minimum absolute atomic E-state index is 0.119. The third kappa shape index (κ3) is 3.42. The Labute approximate surface area is 203 Å². The first-order chi connectivity index (χ1) is 16.6. The van der Waals surface area contributed by atoms with Crippen molar-refractivity contribution in [1.82, 2.24) is 24.6 Å². The number of aromatic nitrogens is 4. The van der Waals surface area contributed by atoms with Crippen LogP contribution >= 0.6 is 11.6 Å². The van der Waals surface area contributed by atoms with Crippen LogP contribution < -0.4 is 5.32 Å². The van der Waals surface area contributed by atoms with Gasteiger partial charge in [0, 0.05) is 22.8 Å². The number of halogens is 1. The number of hydrogen-bond acceptors (Lipinski definition) is 7. The van der Waals surface area contributed by atoms with Crippen LogP contribution in [-0.2, 0) is 10.3 Å². The van der Waals surface area contributed by atoms with Gasteiger partial charge in [-0.15, -0.1) is 0 Å². The summed E-state index contributed by atoms with van der Waals surface area (Å²) in [6.07, 6.45) is 11.2. The van der Waals surface area contributed by atoms with Crippen LogP contribution in [-0.4, -0.2) is 68.2 Å². The first-order valence-corrected chi connectivity index (χ1v) is 12.7. The van der Waals surface area contributed by atoms with Gasteiger partial charge in [0.2, 0.25) is 5.95 Å². The highest BCUT2D eigenvalue weighted by atomic mass is 35.5. The van der Waals surface area contributed by atoms with Gasteiger partial charge in [-0.05, 0) is 74.7 Å². The fraction of sp³-hybridized carbons (Fsp3) is 0.560. The molecule has 0 spiro atoms. The number of anilines is 2. The van der Waals surface area contributed by atoms with E-state index in [1.807, 2.05) is 18.5 Å². The number of aliphatic hydroxyl groups is 1. The Morgan fingerprint density at radius 3 is 2.65 bits per heavy atom. The summed E-state index contributed by atoms with van der Waals surface area (Å²) in [5.74, 6) is 1.87. The van der Waals surface area contributed by atoms with E-state index in [4.69, 9.17) is 21.3 Å². The lowest BCUT2D eigenvalue weighted by Crippen LogP contribution is -2.59. The van der Waals surface area contributed by atoms with Crippen LogP contribution in [0.2, 0.25) is 5.02 Å². The van der Waals surface area contributed by atoms with Crippen LogP contribution in [0.15, 0.2) is 30.7 Å². The molecule has 1 aromatic carbocycles. The third-order valence-corrected chi connectivity index (χ3v) is 8.82. The summed E-state index contributed by atoms with van der Waals surface area (Å²) < 4.78 is 7.57. The number of rotatable bonds is 5. The Morgan fingerprint density at radius 2 is 1.94 bits per heavy atom. The third-order valence-electron chi connectivity index (χ3n) is 8.49. The first kappa shape index (κ1) is 21.1. The zero-order chi connectivity index (χ0) is 22.9. The molecular weight excluding hydrogens is 452 g/mol. The quantitative estimate of drug-likeness (QED) is 0.576. The maximum atomic E-state index is 10.2. The second kappa shape index (κ2) is 7.88. The van der Waals surface area contributed by atoms with E-state index in [1.54, 1.807) is 0 Å². The maximum absolute atomic E-state index is 10.2. The van der Waals surface area contributed by atoms with Gasteiger partial charge in [-0.25, -0.2) is 9.97 Å². The second-order valence-electron chi connectivity index (χ2n) is 10.6. The molecule has 178 valence electrons. The summed E-state index contributed by atoms with van der Waals surface area (Å²) in [4.78, 5) is 11.7. The van der Waals surface area contributed by atoms with Crippen LogP contribution in [0.1, 0.15) is 43.6 Å². The molecule has 0 amide bonds. The summed E-state index contributed by atoms with van der Waals surface area (Å²) in [5.41, 5.74) is 3.24. The summed E-state index contributed by atoms with van der Waals surface area (Å²) in [5, 5.41) is 19.8. The number of aliphatic hydroxyl groups excluding tert-OH is 1. The highest BCUT2D eigenvalue weighted by Gasteiger charge is 2.58. The molecule has 2 aromatic heterocycles. The number of benzene rings is 1. The predicted octanol–water partition coefficient (Wildman–Crippen LogP) is 3.67. The van der Waals surface area contributed by atoms with E-state index in [0.717, 1.165) is 59.0 Å². The Morgan fingerprint density at radius 1 is 1.12 bits per heavy atom. The highest BCUT2D eigenvalue weighted by Crippen LogP contribution is 2.62. The van der Waals surface area contributed by atoms with E-state index in [-0.39, 0.29) is 17.7 Å². The molecule has 2 N–H and O–H groups in total. The Bertz CT molecular complexity index is 1220. The van der Waals surface area contributed by atoms with Crippen LogP contribution in [0.3, 0.4) is 0 Å². The van der Waals surface area contributed by atoms with Crippen molar-refractivity contribution >= 4 is 34.1 Å². The number of nitrogens with zero attached hydrogens (tertiary/aromatic N) is 5. The number of likely N-dealkylation sites (tertiary alicyclic amines) is 1. The molecule has 5 fully saturated rings. The number of ether oxygens (including phenoxy) is 1. The van der Waals surface area contributed by atoms with Crippen molar-refractivity contribution in [3.05, 3.63) is 41.3 Å². The fourth-order valence-corrected chi connectivity index (χ4v) is 6.68. The predicted molar refractivity (Wildman–Crippen MR) is 130 cm³/mol. The number of piperidine rings is 1. The van der Waals surface area contributed by atoms with Gasteiger partial charge >= 0.3 is 0 Å². The molecule has 2 atom stereocenters. The van der Waals surface area contributed by atoms with E-state index in [0.29, 0.717) is 25.1 Å². The lowest BCUT2D eigenvalue weighted by Gasteiger charge is -2.61. The zero-order valence-corrected chi connectivity index (χ0v) is 19.8. The molecule has 0 unspecified atom stereocenters. The van der Waals surface area contributed by atoms with Gasteiger partial charge in [-0.3, -0.25) is 9.58 Å². The van der Waals surface area contributed by atoms with Crippen LogP contribution in [0.5, 0.6) is 0 Å². The van der Waals surface area contributed by atoms with Gasteiger partial charge in [0.15, 0.2) is 0 Å². The van der Waals surface area contributed by atoms with Gasteiger partial charge in [0.05, 0.1) is 48.3 Å². The van der Waals surface area contributed by atoms with Crippen LogP contribution in [0.4, 0.5) is 11.6 Å². The largest absolute Gasteiger partial charge is 0.389 e. The van der Waals surface area contributed by atoms with E-state index >= 15 is 0 Å². The molecule has 2 bridgehead atoms. The highest BCUT2D eigenvalue weighted by molar-refractivity contribution is 6.32. The normalized spacial score (nSPS) is 31.4. The second-order valence-corrected chi connectivity index (χ2v) is 11.0. The standard InChI is InChI=1S/C25H29ClN6O2/c26-20-5-17-10-27-24(29-18-11-28-32(12-18)25-7-15(8-25)9-25)30-21(17)6-19(20)16-1-3-31(4-2-16)22-13-34-14-23(22)33/h5-6,10-12,15-16,22-23,33H,1-4,7-9,13-14H2,(H,27,29,30)/t15?,22-,23+,25?/m1/s1. The molecule has 3 aromatic rings. The molecule has 3 saturated carbocycles. The van der Waals surface area contributed by atoms with E-state index in [9.17, 15) is 5.11 Å². The summed E-state index contributed by atoms with van der Waals surface area (Å²) in [6, 6.07) is 4.23. The summed E-state index contributed by atoms with van der Waals surface area (Å²) in [6.45, 7) is 2.94. The zero-order valence-electron chi connectivity index (χ0n) is 19.0. The van der Waals surface area contributed by atoms with Gasteiger partial charge in [-0.2, -0.15) is 5.10 Å². The molecule has 8 rings (SSSR count). The summed E-state index contributed by atoms with van der Waals surface area (Å²) in [7, 11) is 0. The lowest BCUT2D eigenvalue weighted by molar-refractivity contribution is -0.0977. The SMILES string of the molecule is O[C@H]1COC[C@H]1N1CCC(c2cc3nc(Nc4cnn(C56CC(C5)C6)c4)ncc3cc2Cl)CC1. The van der Waals surface area contributed by atoms with Crippen molar-refractivity contribution in [2.24, 2.45) is 5.92 Å². The van der Waals surface area contributed by atoms with Crippen molar-refractivity contribution in [3.8, 4) is 0 Å². The van der Waals surface area contributed by atoms with Crippen LogP contribution in [0, 0.1) is 5.92 Å². The topological polar surface area (TPSA) is 88.3 Å². The molecule has 8 nitrogen and oxygen atoms in total. The lowest BCUT2D eigenvalue weighted by atomic mass is 9.50. The average Bonchev–Trinajstić information content (AvgIpc) is 3.41. The number of nitrogens with one attached hydrogen (secondary N) is 1. The number of hydrogen-bond donors (Lipinski definition) is 2. The van der Waals surface area contributed by atoms with Crippen molar-refractivity contribution < 1.29 is 9.84 Å². The molecule has 9 heteroatoms. The molecule has 2 saturated heterocycles. The molecule has 2 aliphatic heterocycles. The van der Waals surface area contributed by atoms with E-state index in [2.05, 4.69) is 37.2 Å². The van der Waals surface area contributed by atoms with Gasteiger partial charge in [0.1, 0.15) is 0 Å². The smallest absolute Gasteiger partial charge is 0.227 e. The molecular formula is C25H29ClN6O2. The fourth-order valence-electron chi connectivity index (χ4n) is 6.35. The molecule has 4 heterocycles. The van der Waals surface area contributed by atoms with E-state index in [1.165, 1.54) is 19.3 Å². The minimum Gasteiger partial charge on any atom is -0.389 e. The van der Waals surface area contributed by atoms with Gasteiger partial charge < -0.3 is 15.2 Å². The van der Waals surface area contributed by atoms with Crippen molar-refractivity contribution in [2.45, 2.75) is 55.7 Å². The number of fused-ring (bicyclic) bond motifs is 1.